The van der Waals surface area contributed by atoms with Gasteiger partial charge in [-0.05, 0) is 19.9 Å². The molecule has 0 aromatic carbocycles. The summed E-state index contributed by atoms with van der Waals surface area (Å²) in [6.45, 7) is 3.90. The SMILES string of the molecule is CCOP(=O)(C/C=C/C(=O)[O-])OCC. The molecule has 0 fully saturated rings. The molecule has 0 spiro atoms. The fourth-order valence-electron chi connectivity index (χ4n) is 0.814. The summed E-state index contributed by atoms with van der Waals surface area (Å²) in [6, 6.07) is 0. The first-order chi connectivity index (χ1) is 6.54. The van der Waals surface area contributed by atoms with Crippen LogP contribution >= 0.6 is 7.60 Å². The van der Waals surface area contributed by atoms with Crippen molar-refractivity contribution in [2.75, 3.05) is 19.4 Å². The summed E-state index contributed by atoms with van der Waals surface area (Å²) < 4.78 is 21.5. The van der Waals surface area contributed by atoms with Crippen LogP contribution in [0.25, 0.3) is 0 Å². The lowest BCUT2D eigenvalue weighted by atomic mass is 10.5. The molecule has 0 N–H and O–H groups in total. The average molecular weight is 221 g/mol. The van der Waals surface area contributed by atoms with E-state index in [9.17, 15) is 14.5 Å². The molecule has 0 bridgehead atoms. The van der Waals surface area contributed by atoms with E-state index >= 15 is 0 Å². The van der Waals surface area contributed by atoms with E-state index in [-0.39, 0.29) is 19.4 Å². The van der Waals surface area contributed by atoms with Crippen molar-refractivity contribution in [2.45, 2.75) is 13.8 Å². The van der Waals surface area contributed by atoms with Gasteiger partial charge >= 0.3 is 7.60 Å². The topological polar surface area (TPSA) is 75.7 Å². The molecule has 0 heterocycles. The smallest absolute Gasteiger partial charge is 0.334 e. The zero-order chi connectivity index (χ0) is 11.0. The first kappa shape index (κ1) is 13.4. The highest BCUT2D eigenvalue weighted by Gasteiger charge is 2.20. The van der Waals surface area contributed by atoms with Gasteiger partial charge in [-0.3, -0.25) is 4.57 Å². The summed E-state index contributed by atoms with van der Waals surface area (Å²) in [6.07, 6.45) is 1.97. The number of carbonyl (C=O) groups is 1. The Kier molecular flexibility index (Phi) is 6.45. The largest absolute Gasteiger partial charge is 0.545 e. The molecule has 0 rings (SSSR count). The molecular weight excluding hydrogens is 207 g/mol. The van der Waals surface area contributed by atoms with Gasteiger partial charge in [-0.2, -0.15) is 0 Å². The first-order valence-electron chi connectivity index (χ1n) is 4.29. The van der Waals surface area contributed by atoms with Gasteiger partial charge in [0.1, 0.15) is 0 Å². The van der Waals surface area contributed by atoms with Crippen molar-refractivity contribution in [3.63, 3.8) is 0 Å². The van der Waals surface area contributed by atoms with Gasteiger partial charge in [-0.25, -0.2) is 0 Å². The standard InChI is InChI=1S/C8H15O5P/c1-3-12-14(11,13-4-2)7-5-6-8(9)10/h5-6H,3-4,7H2,1-2H3,(H,9,10)/p-1/b6-5+. The number of rotatable bonds is 7. The quantitative estimate of drug-likeness (QED) is 0.463. The second-order valence-corrected chi connectivity index (χ2v) is 4.45. The fourth-order valence-corrected chi connectivity index (χ4v) is 2.25. The molecule has 0 aliphatic carbocycles. The summed E-state index contributed by atoms with van der Waals surface area (Å²) in [7, 11) is -3.15. The number of allylic oxidation sites excluding steroid dienone is 1. The van der Waals surface area contributed by atoms with Gasteiger partial charge in [0.25, 0.3) is 0 Å². The Bertz CT molecular complexity index is 238. The van der Waals surface area contributed by atoms with Gasteiger partial charge < -0.3 is 18.9 Å². The van der Waals surface area contributed by atoms with Gasteiger partial charge in [0.05, 0.1) is 25.3 Å². The maximum atomic E-state index is 11.7. The Morgan fingerprint density at radius 1 is 1.36 bits per heavy atom. The number of carbonyl (C=O) groups excluding carboxylic acids is 1. The van der Waals surface area contributed by atoms with Crippen LogP contribution in [0.15, 0.2) is 12.2 Å². The van der Waals surface area contributed by atoms with E-state index in [0.717, 1.165) is 6.08 Å². The molecule has 0 aliphatic rings. The highest BCUT2D eigenvalue weighted by atomic mass is 31.2. The van der Waals surface area contributed by atoms with E-state index in [1.165, 1.54) is 6.08 Å². The average Bonchev–Trinajstić information content (AvgIpc) is 2.03. The van der Waals surface area contributed by atoms with Gasteiger partial charge in [0.15, 0.2) is 0 Å². The lowest BCUT2D eigenvalue weighted by molar-refractivity contribution is -0.297. The Labute approximate surface area is 83.3 Å². The van der Waals surface area contributed by atoms with Crippen LogP contribution in [-0.4, -0.2) is 25.3 Å². The van der Waals surface area contributed by atoms with Crippen LogP contribution in [0, 0.1) is 0 Å². The second kappa shape index (κ2) is 6.76. The van der Waals surface area contributed by atoms with E-state index in [1.807, 2.05) is 0 Å². The molecule has 6 heteroatoms. The predicted molar refractivity (Wildman–Crippen MR) is 49.9 cm³/mol. The first-order valence-corrected chi connectivity index (χ1v) is 6.02. The van der Waals surface area contributed by atoms with E-state index in [1.54, 1.807) is 13.8 Å². The van der Waals surface area contributed by atoms with Gasteiger partial charge in [0, 0.05) is 0 Å². The van der Waals surface area contributed by atoms with Gasteiger partial charge in [-0.15, -0.1) is 0 Å². The van der Waals surface area contributed by atoms with Crippen molar-refractivity contribution >= 4 is 13.6 Å². The zero-order valence-corrected chi connectivity index (χ0v) is 9.16. The predicted octanol–water partition coefficient (Wildman–Crippen LogP) is 0.559. The zero-order valence-electron chi connectivity index (χ0n) is 8.26. The van der Waals surface area contributed by atoms with E-state index in [2.05, 4.69) is 0 Å². The van der Waals surface area contributed by atoms with Crippen molar-refractivity contribution in [3.8, 4) is 0 Å². The minimum atomic E-state index is -3.15. The summed E-state index contributed by atoms with van der Waals surface area (Å²) in [5.41, 5.74) is 0. The third-order valence-electron chi connectivity index (χ3n) is 1.23. The van der Waals surface area contributed by atoms with E-state index < -0.39 is 13.6 Å². The molecule has 14 heavy (non-hydrogen) atoms. The minimum Gasteiger partial charge on any atom is -0.545 e. The molecule has 0 atom stereocenters. The molecule has 0 saturated carbocycles. The maximum Gasteiger partial charge on any atom is 0.334 e. The summed E-state index contributed by atoms with van der Waals surface area (Å²) in [4.78, 5) is 10.0. The molecule has 0 aliphatic heterocycles. The Morgan fingerprint density at radius 2 is 1.86 bits per heavy atom. The van der Waals surface area contributed by atoms with Crippen molar-refractivity contribution in [3.05, 3.63) is 12.2 Å². The third-order valence-corrected chi connectivity index (χ3v) is 3.20. The van der Waals surface area contributed by atoms with E-state index in [4.69, 9.17) is 9.05 Å². The van der Waals surface area contributed by atoms with Gasteiger partial charge in [-0.1, -0.05) is 6.08 Å². The molecule has 0 aromatic heterocycles. The fraction of sp³-hybridized carbons (Fsp3) is 0.625. The van der Waals surface area contributed by atoms with Crippen molar-refractivity contribution in [1.29, 1.82) is 0 Å². The molecular formula is C8H14O5P-. The van der Waals surface area contributed by atoms with Crippen LogP contribution in [0.5, 0.6) is 0 Å². The van der Waals surface area contributed by atoms with Crippen LogP contribution in [-0.2, 0) is 18.4 Å². The van der Waals surface area contributed by atoms with Crippen LogP contribution in [0.4, 0.5) is 0 Å². The summed E-state index contributed by atoms with van der Waals surface area (Å²) >= 11 is 0. The number of hydrogen-bond acceptors (Lipinski definition) is 5. The molecule has 0 unspecified atom stereocenters. The summed E-state index contributed by atoms with van der Waals surface area (Å²) in [5.74, 6) is -1.33. The monoisotopic (exact) mass is 221 g/mol. The third kappa shape index (κ3) is 5.91. The van der Waals surface area contributed by atoms with Crippen molar-refractivity contribution in [2.24, 2.45) is 0 Å². The number of hydrogen-bond donors (Lipinski definition) is 0. The Morgan fingerprint density at radius 3 is 2.21 bits per heavy atom. The highest BCUT2D eigenvalue weighted by molar-refractivity contribution is 7.54. The maximum absolute atomic E-state index is 11.7. The van der Waals surface area contributed by atoms with Crippen LogP contribution in [0.2, 0.25) is 0 Å². The van der Waals surface area contributed by atoms with Crippen molar-refractivity contribution in [1.82, 2.24) is 0 Å². The van der Waals surface area contributed by atoms with Crippen LogP contribution in [0.3, 0.4) is 0 Å². The normalized spacial score (nSPS) is 12.1. The highest BCUT2D eigenvalue weighted by Crippen LogP contribution is 2.47. The molecule has 5 nitrogen and oxygen atoms in total. The molecule has 0 amide bonds. The number of aliphatic carboxylic acids is 1. The van der Waals surface area contributed by atoms with E-state index in [0.29, 0.717) is 0 Å². The molecule has 82 valence electrons. The molecule has 0 radical (unpaired) electrons. The Balaban J connectivity index is 4.22. The molecule has 0 saturated heterocycles. The van der Waals surface area contributed by atoms with Crippen molar-refractivity contribution < 1.29 is 23.5 Å². The van der Waals surface area contributed by atoms with Gasteiger partial charge in [0.2, 0.25) is 0 Å². The summed E-state index contributed by atoms with van der Waals surface area (Å²) in [5, 5.41) is 10.0. The minimum absolute atomic E-state index is 0.0529. The number of carboxylic acids is 1. The lowest BCUT2D eigenvalue weighted by Crippen LogP contribution is -2.18. The van der Waals surface area contributed by atoms with Crippen LogP contribution < -0.4 is 5.11 Å². The molecule has 0 aromatic rings. The lowest BCUT2D eigenvalue weighted by Gasteiger charge is -2.14. The Hall–Kier alpha value is -0.640. The second-order valence-electron chi connectivity index (χ2n) is 2.35. The van der Waals surface area contributed by atoms with Crippen LogP contribution in [0.1, 0.15) is 13.8 Å². The number of carboxylic acid groups (broad SMARTS) is 1.